The lowest BCUT2D eigenvalue weighted by molar-refractivity contribution is 0.869. The monoisotopic (exact) mass is 212 g/mol. The quantitative estimate of drug-likeness (QED) is 0.789. The molecule has 2 aliphatic rings. The van der Waals surface area contributed by atoms with Gasteiger partial charge in [-0.15, -0.1) is 0 Å². The molecule has 0 saturated carbocycles. The van der Waals surface area contributed by atoms with Crippen LogP contribution in [0.15, 0.2) is 29.1 Å². The summed E-state index contributed by atoms with van der Waals surface area (Å²) in [6.45, 7) is 4.16. The van der Waals surface area contributed by atoms with E-state index in [0.29, 0.717) is 17.2 Å². The summed E-state index contributed by atoms with van der Waals surface area (Å²) in [5.41, 5.74) is 2.44. The fourth-order valence-electron chi connectivity index (χ4n) is 1.73. The second-order valence-corrected chi connectivity index (χ2v) is 4.09. The van der Waals surface area contributed by atoms with E-state index in [4.69, 9.17) is 5.26 Å². The zero-order valence-electron chi connectivity index (χ0n) is 9.24. The van der Waals surface area contributed by atoms with Crippen molar-refractivity contribution in [3.8, 4) is 17.3 Å². The van der Waals surface area contributed by atoms with Crippen molar-refractivity contribution in [2.75, 3.05) is 0 Å². The third kappa shape index (κ3) is 1.59. The van der Waals surface area contributed by atoms with Gasteiger partial charge in [0.15, 0.2) is 0 Å². The number of hydrogen-bond donors (Lipinski definition) is 1. The first kappa shape index (κ1) is 10.4. The van der Waals surface area contributed by atoms with Gasteiger partial charge in [0.05, 0.1) is 0 Å². The standard InChI is InChI=1S/C13H12N2O/c1-8(2)9-4-3-5-12-10(6-9)11(7-14)13(16)15-12/h3-6,8H,1-2H3,(H,15,16). The van der Waals surface area contributed by atoms with Crippen molar-refractivity contribution in [1.82, 2.24) is 4.98 Å². The van der Waals surface area contributed by atoms with E-state index in [-0.39, 0.29) is 11.1 Å². The number of hydrogen-bond acceptors (Lipinski definition) is 2. The van der Waals surface area contributed by atoms with Crippen molar-refractivity contribution in [3.63, 3.8) is 0 Å². The summed E-state index contributed by atoms with van der Waals surface area (Å²) >= 11 is 0. The van der Waals surface area contributed by atoms with Crippen LogP contribution in [0.3, 0.4) is 0 Å². The molecule has 0 radical (unpaired) electrons. The molecule has 3 nitrogen and oxygen atoms in total. The Morgan fingerprint density at radius 1 is 1.38 bits per heavy atom. The van der Waals surface area contributed by atoms with E-state index < -0.39 is 0 Å². The van der Waals surface area contributed by atoms with Crippen molar-refractivity contribution < 1.29 is 0 Å². The minimum atomic E-state index is -0.307. The first-order chi connectivity index (χ1) is 7.63. The Morgan fingerprint density at radius 2 is 2.12 bits per heavy atom. The first-order valence-electron chi connectivity index (χ1n) is 5.19. The summed E-state index contributed by atoms with van der Waals surface area (Å²) < 4.78 is 0. The number of aromatic amines is 1. The van der Waals surface area contributed by atoms with E-state index in [1.807, 2.05) is 30.3 Å². The van der Waals surface area contributed by atoms with E-state index in [1.54, 1.807) is 0 Å². The number of nitriles is 1. The summed E-state index contributed by atoms with van der Waals surface area (Å²) in [5, 5.41) is 8.95. The largest absolute Gasteiger partial charge is 0.321 e. The van der Waals surface area contributed by atoms with Crippen LogP contribution in [0.5, 0.6) is 0 Å². The number of nitrogens with zero attached hydrogens (tertiary/aromatic N) is 1. The summed E-state index contributed by atoms with van der Waals surface area (Å²) in [4.78, 5) is 14.2. The lowest BCUT2D eigenvalue weighted by Crippen LogP contribution is -2.00. The molecule has 1 N–H and O–H groups in total. The Kier molecular flexibility index (Phi) is 2.49. The van der Waals surface area contributed by atoms with Gasteiger partial charge in [0.1, 0.15) is 11.6 Å². The van der Waals surface area contributed by atoms with Gasteiger partial charge in [-0.3, -0.25) is 4.79 Å². The molecule has 80 valence electrons. The molecule has 2 rings (SSSR count). The molecular formula is C13H12N2O. The highest BCUT2D eigenvalue weighted by Crippen LogP contribution is 2.24. The molecule has 16 heavy (non-hydrogen) atoms. The second-order valence-electron chi connectivity index (χ2n) is 4.09. The third-order valence-electron chi connectivity index (χ3n) is 2.68. The second kappa shape index (κ2) is 3.82. The van der Waals surface area contributed by atoms with Crippen LogP contribution in [0.4, 0.5) is 0 Å². The molecule has 0 aromatic heterocycles. The number of nitrogens with one attached hydrogen (secondary N) is 1. The van der Waals surface area contributed by atoms with Gasteiger partial charge in [-0.05, 0) is 23.6 Å². The first-order valence-corrected chi connectivity index (χ1v) is 5.19. The molecule has 1 aliphatic heterocycles. The summed E-state index contributed by atoms with van der Waals surface area (Å²) in [5.74, 6) is 0.368. The fraction of sp³-hybridized carbons (Fsp3) is 0.231. The Balaban J connectivity index is 2.79. The molecule has 0 aromatic rings. The Labute approximate surface area is 93.7 Å². The van der Waals surface area contributed by atoms with Crippen LogP contribution in [0.2, 0.25) is 0 Å². The maximum Gasteiger partial charge on any atom is 0.267 e. The zero-order valence-corrected chi connectivity index (χ0v) is 9.24. The van der Waals surface area contributed by atoms with Gasteiger partial charge in [0, 0.05) is 11.3 Å². The fourth-order valence-corrected chi connectivity index (χ4v) is 1.73. The van der Waals surface area contributed by atoms with Crippen LogP contribution in [0.1, 0.15) is 30.9 Å². The molecular weight excluding hydrogens is 200 g/mol. The molecule has 0 bridgehead atoms. The van der Waals surface area contributed by atoms with Crippen LogP contribution in [-0.2, 0) is 0 Å². The average molecular weight is 212 g/mol. The smallest absolute Gasteiger partial charge is 0.267 e. The predicted octanol–water partition coefficient (Wildman–Crippen LogP) is 2.47. The molecule has 0 fully saturated rings. The molecule has 0 atom stereocenters. The SMILES string of the molecule is CC(C)c1cccc2[nH]c(=O)c(C#N)c-2c1. The Bertz CT molecular complexity index is 590. The molecule has 0 saturated heterocycles. The number of fused-ring (bicyclic) bond motifs is 1. The zero-order chi connectivity index (χ0) is 11.7. The van der Waals surface area contributed by atoms with Crippen LogP contribution in [0.25, 0.3) is 11.3 Å². The van der Waals surface area contributed by atoms with E-state index >= 15 is 0 Å². The summed E-state index contributed by atoms with van der Waals surface area (Å²) in [7, 11) is 0. The van der Waals surface area contributed by atoms with Gasteiger partial charge in [-0.2, -0.15) is 5.26 Å². The highest BCUT2D eigenvalue weighted by molar-refractivity contribution is 5.69. The average Bonchev–Trinajstić information content (AvgIpc) is 2.42. The summed E-state index contributed by atoms with van der Waals surface area (Å²) in [6.07, 6.45) is 0. The highest BCUT2D eigenvalue weighted by atomic mass is 16.1. The minimum absolute atomic E-state index is 0.202. The van der Waals surface area contributed by atoms with Gasteiger partial charge in [-0.1, -0.05) is 26.0 Å². The van der Waals surface area contributed by atoms with Crippen LogP contribution < -0.4 is 5.56 Å². The van der Waals surface area contributed by atoms with E-state index in [9.17, 15) is 4.79 Å². The summed E-state index contributed by atoms with van der Waals surface area (Å²) in [6, 6.07) is 9.59. The van der Waals surface area contributed by atoms with Gasteiger partial charge < -0.3 is 4.98 Å². The highest BCUT2D eigenvalue weighted by Gasteiger charge is 2.14. The minimum Gasteiger partial charge on any atom is -0.321 e. The van der Waals surface area contributed by atoms with Gasteiger partial charge >= 0.3 is 0 Å². The number of aromatic nitrogens is 1. The van der Waals surface area contributed by atoms with Crippen molar-refractivity contribution >= 4 is 0 Å². The van der Waals surface area contributed by atoms with E-state index in [2.05, 4.69) is 18.8 Å². The maximum absolute atomic E-state index is 11.5. The lowest BCUT2D eigenvalue weighted by atomic mass is 10.0. The van der Waals surface area contributed by atoms with Crippen LogP contribution in [-0.4, -0.2) is 4.98 Å². The molecule has 0 spiro atoms. The molecule has 0 amide bonds. The predicted molar refractivity (Wildman–Crippen MR) is 62.5 cm³/mol. The molecule has 0 unspecified atom stereocenters. The Hall–Kier alpha value is -2.08. The molecule has 3 heteroatoms. The van der Waals surface area contributed by atoms with Crippen molar-refractivity contribution in [2.45, 2.75) is 19.8 Å². The van der Waals surface area contributed by atoms with Gasteiger partial charge in [0.25, 0.3) is 5.56 Å². The third-order valence-corrected chi connectivity index (χ3v) is 2.68. The van der Waals surface area contributed by atoms with Crippen LogP contribution >= 0.6 is 0 Å². The van der Waals surface area contributed by atoms with Crippen molar-refractivity contribution in [2.24, 2.45) is 0 Å². The van der Waals surface area contributed by atoms with Gasteiger partial charge in [-0.25, -0.2) is 0 Å². The molecule has 1 aliphatic carbocycles. The maximum atomic E-state index is 11.5. The molecule has 0 aromatic carbocycles. The normalized spacial score (nSPS) is 10.6. The lowest BCUT2D eigenvalue weighted by Gasteiger charge is -2.01. The topological polar surface area (TPSA) is 56.6 Å². The van der Waals surface area contributed by atoms with Crippen molar-refractivity contribution in [1.29, 1.82) is 5.26 Å². The number of rotatable bonds is 1. The van der Waals surface area contributed by atoms with E-state index in [1.165, 1.54) is 0 Å². The Morgan fingerprint density at radius 3 is 2.75 bits per heavy atom. The van der Waals surface area contributed by atoms with E-state index in [0.717, 1.165) is 5.56 Å². The van der Waals surface area contributed by atoms with Crippen LogP contribution in [0, 0.1) is 11.3 Å². The van der Waals surface area contributed by atoms with Crippen molar-refractivity contribution in [3.05, 3.63) is 45.7 Å². The number of H-pyrrole nitrogens is 1. The van der Waals surface area contributed by atoms with Gasteiger partial charge in [0.2, 0.25) is 0 Å². The molecule has 1 heterocycles.